The summed E-state index contributed by atoms with van der Waals surface area (Å²) in [5.74, 6) is -1.98. The highest BCUT2D eigenvalue weighted by Gasteiger charge is 2.28. The monoisotopic (exact) mass is 411 g/mol. The summed E-state index contributed by atoms with van der Waals surface area (Å²) >= 11 is 6.68. The second-order valence-corrected chi connectivity index (χ2v) is 6.66. The highest BCUT2D eigenvalue weighted by Crippen LogP contribution is 2.33. The van der Waals surface area contributed by atoms with Crippen molar-refractivity contribution in [2.45, 2.75) is 20.5 Å². The van der Waals surface area contributed by atoms with Crippen LogP contribution < -0.4 is 5.73 Å². The van der Waals surface area contributed by atoms with Crippen LogP contribution in [0.1, 0.15) is 49.8 Å². The molecular weight excluding hydrogens is 394 g/mol. The smallest absolute Gasteiger partial charge is 0.348 e. The van der Waals surface area contributed by atoms with Gasteiger partial charge in [0.25, 0.3) is 0 Å². The third-order valence-electron chi connectivity index (χ3n) is 3.40. The van der Waals surface area contributed by atoms with Gasteiger partial charge in [0.15, 0.2) is 0 Å². The minimum atomic E-state index is -0.695. The van der Waals surface area contributed by atoms with Crippen molar-refractivity contribution < 1.29 is 28.6 Å². The molecule has 0 aliphatic heterocycles. The summed E-state index contributed by atoms with van der Waals surface area (Å²) in [6.07, 6.45) is 0. The number of nitrogens with two attached hydrogens (primary N) is 1. The summed E-state index contributed by atoms with van der Waals surface area (Å²) in [5, 5.41) is 0.570. The lowest BCUT2D eigenvalue weighted by molar-refractivity contribution is 0.0437. The van der Waals surface area contributed by atoms with Crippen molar-refractivity contribution in [3.05, 3.63) is 50.9 Å². The Morgan fingerprint density at radius 1 is 0.963 bits per heavy atom. The zero-order chi connectivity index (χ0) is 20.0. The van der Waals surface area contributed by atoms with Crippen LogP contribution in [0.5, 0.6) is 0 Å². The van der Waals surface area contributed by atoms with Crippen LogP contribution in [-0.4, -0.2) is 31.1 Å². The lowest BCUT2D eigenvalue weighted by Crippen LogP contribution is -2.14. The van der Waals surface area contributed by atoms with Gasteiger partial charge in [-0.1, -0.05) is 11.6 Å². The zero-order valence-electron chi connectivity index (χ0n) is 14.7. The average molecular weight is 412 g/mol. The number of nitrogen functional groups attached to an aromatic ring is 1. The van der Waals surface area contributed by atoms with Crippen molar-refractivity contribution >= 4 is 45.8 Å². The van der Waals surface area contributed by atoms with Gasteiger partial charge in [0.05, 0.1) is 18.8 Å². The number of hydrogen-bond acceptors (Lipinski definition) is 8. The second kappa shape index (κ2) is 9.38. The molecule has 0 saturated carbocycles. The maximum Gasteiger partial charge on any atom is 0.348 e. The lowest BCUT2D eigenvalue weighted by atomic mass is 10.1. The topological polar surface area (TPSA) is 105 Å². The number of benzene rings is 1. The van der Waals surface area contributed by atoms with Gasteiger partial charge in [-0.3, -0.25) is 0 Å². The van der Waals surface area contributed by atoms with Crippen LogP contribution in [-0.2, 0) is 20.8 Å². The molecule has 0 radical (unpaired) electrons. The molecule has 0 atom stereocenters. The molecule has 1 aromatic carbocycles. The van der Waals surface area contributed by atoms with Crippen molar-refractivity contribution in [2.75, 3.05) is 18.9 Å². The molecule has 0 saturated heterocycles. The van der Waals surface area contributed by atoms with Crippen LogP contribution in [0.4, 0.5) is 5.00 Å². The molecule has 9 heteroatoms. The molecular formula is C18H18ClNO6S. The Labute approximate surface area is 165 Å². The van der Waals surface area contributed by atoms with Crippen LogP contribution in [0.25, 0.3) is 0 Å². The average Bonchev–Trinajstić information content (AvgIpc) is 2.97. The highest BCUT2D eigenvalue weighted by molar-refractivity contribution is 7.18. The number of anilines is 1. The maximum absolute atomic E-state index is 12.2. The van der Waals surface area contributed by atoms with Gasteiger partial charge in [0, 0.05) is 10.6 Å². The molecule has 2 aromatic rings. The molecule has 0 unspecified atom stereocenters. The van der Waals surface area contributed by atoms with Gasteiger partial charge in [-0.2, -0.15) is 0 Å². The first kappa shape index (κ1) is 20.7. The Kier molecular flexibility index (Phi) is 7.20. The van der Waals surface area contributed by atoms with Crippen molar-refractivity contribution in [3.8, 4) is 0 Å². The van der Waals surface area contributed by atoms with Crippen molar-refractivity contribution in [1.29, 1.82) is 0 Å². The Morgan fingerprint density at radius 2 is 1.56 bits per heavy atom. The van der Waals surface area contributed by atoms with E-state index in [1.54, 1.807) is 26.0 Å². The van der Waals surface area contributed by atoms with E-state index in [2.05, 4.69) is 0 Å². The third kappa shape index (κ3) is 4.99. The fraction of sp³-hybridized carbons (Fsp3) is 0.278. The largest absolute Gasteiger partial charge is 0.462 e. The van der Waals surface area contributed by atoms with E-state index in [1.165, 1.54) is 12.1 Å². The third-order valence-corrected chi connectivity index (χ3v) is 4.70. The van der Waals surface area contributed by atoms with E-state index in [1.807, 2.05) is 0 Å². The number of ether oxygens (including phenoxy) is 3. The van der Waals surface area contributed by atoms with Crippen LogP contribution >= 0.6 is 22.9 Å². The van der Waals surface area contributed by atoms with Crippen molar-refractivity contribution in [1.82, 2.24) is 0 Å². The lowest BCUT2D eigenvalue weighted by Gasteiger charge is -2.09. The summed E-state index contributed by atoms with van der Waals surface area (Å²) < 4.78 is 15.2. The van der Waals surface area contributed by atoms with E-state index in [4.69, 9.17) is 31.5 Å². The maximum atomic E-state index is 12.2. The molecule has 0 bridgehead atoms. The normalized spacial score (nSPS) is 10.3. The van der Waals surface area contributed by atoms with E-state index < -0.39 is 17.9 Å². The first-order valence-corrected chi connectivity index (χ1v) is 9.26. The number of hydrogen-bond donors (Lipinski definition) is 1. The van der Waals surface area contributed by atoms with Crippen LogP contribution in [0.2, 0.25) is 5.02 Å². The molecule has 144 valence electrons. The predicted octanol–water partition coefficient (Wildman–Crippen LogP) is 3.69. The number of carbonyl (C=O) groups excluding carboxylic acids is 3. The van der Waals surface area contributed by atoms with E-state index in [0.29, 0.717) is 5.02 Å². The quantitative estimate of drug-likeness (QED) is 0.547. The molecule has 1 aromatic heterocycles. The Morgan fingerprint density at radius 3 is 2.15 bits per heavy atom. The van der Waals surface area contributed by atoms with Gasteiger partial charge < -0.3 is 19.9 Å². The summed E-state index contributed by atoms with van der Waals surface area (Å²) in [5.41, 5.74) is 6.34. The Balaban J connectivity index is 2.31. The molecule has 0 spiro atoms. The Bertz CT molecular complexity index is 846. The number of carbonyl (C=O) groups is 3. The van der Waals surface area contributed by atoms with E-state index in [0.717, 1.165) is 11.3 Å². The van der Waals surface area contributed by atoms with E-state index in [9.17, 15) is 14.4 Å². The van der Waals surface area contributed by atoms with Gasteiger partial charge in [0.2, 0.25) is 0 Å². The van der Waals surface area contributed by atoms with Crippen molar-refractivity contribution in [3.63, 3.8) is 0 Å². The summed E-state index contributed by atoms with van der Waals surface area (Å²) in [4.78, 5) is 36.7. The molecule has 2 N–H and O–H groups in total. The zero-order valence-corrected chi connectivity index (χ0v) is 16.3. The number of rotatable bonds is 7. The summed E-state index contributed by atoms with van der Waals surface area (Å²) in [6.45, 7) is 3.24. The molecule has 0 fully saturated rings. The van der Waals surface area contributed by atoms with Crippen LogP contribution in [0.3, 0.4) is 0 Å². The first-order chi connectivity index (χ1) is 12.9. The molecule has 7 nitrogen and oxygen atoms in total. The summed E-state index contributed by atoms with van der Waals surface area (Å²) in [7, 11) is 0. The van der Waals surface area contributed by atoms with Gasteiger partial charge in [-0.25, -0.2) is 14.4 Å². The van der Waals surface area contributed by atoms with Crippen LogP contribution in [0.15, 0.2) is 24.3 Å². The molecule has 1 heterocycles. The number of thiophene rings is 1. The fourth-order valence-electron chi connectivity index (χ4n) is 2.22. The minimum absolute atomic E-state index is 0.00816. The first-order valence-electron chi connectivity index (χ1n) is 8.07. The van der Waals surface area contributed by atoms with Crippen molar-refractivity contribution in [2.24, 2.45) is 0 Å². The molecule has 0 amide bonds. The predicted molar refractivity (Wildman–Crippen MR) is 101 cm³/mol. The van der Waals surface area contributed by atoms with Gasteiger partial charge in [0.1, 0.15) is 22.0 Å². The number of esters is 3. The van der Waals surface area contributed by atoms with E-state index >= 15 is 0 Å². The fourth-order valence-corrected chi connectivity index (χ4v) is 3.30. The SMILES string of the molecule is CCOC(=O)c1sc(N)c(C(=O)OCC)c1COC(=O)c1ccc(Cl)cc1. The standard InChI is InChI=1S/C18H18ClNO6S/c1-3-24-17(22)13-12(14(27-15(13)20)18(23)25-4-2)9-26-16(21)10-5-7-11(19)8-6-10/h5-8H,3-4,9,20H2,1-2H3. The van der Waals surface area contributed by atoms with E-state index in [-0.39, 0.29) is 46.4 Å². The molecule has 27 heavy (non-hydrogen) atoms. The molecule has 0 aliphatic rings. The minimum Gasteiger partial charge on any atom is -0.462 e. The van der Waals surface area contributed by atoms with Crippen LogP contribution in [0, 0.1) is 0 Å². The summed E-state index contributed by atoms with van der Waals surface area (Å²) in [6, 6.07) is 6.11. The molecule has 0 aliphatic carbocycles. The highest BCUT2D eigenvalue weighted by atomic mass is 35.5. The van der Waals surface area contributed by atoms with Gasteiger partial charge in [-0.15, -0.1) is 11.3 Å². The van der Waals surface area contributed by atoms with Gasteiger partial charge in [-0.05, 0) is 38.1 Å². The second-order valence-electron chi connectivity index (χ2n) is 5.17. The molecule has 2 rings (SSSR count). The van der Waals surface area contributed by atoms with Gasteiger partial charge >= 0.3 is 17.9 Å². The number of halogens is 1. The Hall–Kier alpha value is -2.58.